The van der Waals surface area contributed by atoms with E-state index in [-0.39, 0.29) is 56.4 Å². The Bertz CT molecular complexity index is 3000. The predicted octanol–water partition coefficient (Wildman–Crippen LogP) is -1.10. The monoisotopic (exact) mass is 1170 g/mol. The summed E-state index contributed by atoms with van der Waals surface area (Å²) in [6.45, 7) is 7.58. The minimum Gasteiger partial charge on any atom is -0.810 e. The van der Waals surface area contributed by atoms with Crippen molar-refractivity contribution in [3.63, 3.8) is 0 Å². The Balaban J connectivity index is 1.45. The molecule has 6 atom stereocenters. The van der Waals surface area contributed by atoms with Crippen LogP contribution in [0.4, 0.5) is 0 Å². The highest BCUT2D eigenvalue weighted by atomic mass is 32.2. The SMILES string of the molecule is CSCC[C@H](NC(=O)[C@H](Cc1ccccc1)NC(C)=O)C(=O)NC(C)(C)C(=O)N[C@@H](Cc1ccc(CP(=O)([O-])[O-])cc1)C(=O)N[C@@H](Cc1c[nH]c2ccccc12)C(=O)N[C@@H](CCC(=O)[O-])C(=O)NC1(C(=O)N[C@@H](CC(C)C)C(N)=O)CC1. The van der Waals surface area contributed by atoms with Crippen LogP contribution in [0, 0.1) is 5.92 Å². The number of hydrogen-bond acceptors (Lipinski definition) is 15. The van der Waals surface area contributed by atoms with Gasteiger partial charge in [-0.3, -0.25) is 43.2 Å². The molecule has 444 valence electrons. The van der Waals surface area contributed by atoms with E-state index in [0.717, 1.165) is 5.56 Å². The highest BCUT2D eigenvalue weighted by Crippen LogP contribution is 2.36. The van der Waals surface area contributed by atoms with Crippen molar-refractivity contribution in [2.75, 3.05) is 12.0 Å². The molecule has 26 heteroatoms. The van der Waals surface area contributed by atoms with E-state index in [2.05, 4.69) is 47.5 Å². The van der Waals surface area contributed by atoms with Gasteiger partial charge in [0.15, 0.2) is 0 Å². The number of nitrogens with two attached hydrogens (primary N) is 1. The Morgan fingerprint density at radius 1 is 0.671 bits per heavy atom. The van der Waals surface area contributed by atoms with E-state index in [1.165, 1.54) is 56.8 Å². The van der Waals surface area contributed by atoms with Crippen LogP contribution in [0.3, 0.4) is 0 Å². The van der Waals surface area contributed by atoms with Crippen molar-refractivity contribution in [2.45, 2.75) is 146 Å². The number of nitrogens with one attached hydrogen (secondary N) is 9. The highest BCUT2D eigenvalue weighted by molar-refractivity contribution is 7.98. The van der Waals surface area contributed by atoms with Gasteiger partial charge in [-0.25, -0.2) is 0 Å². The predicted molar refractivity (Wildman–Crippen MR) is 299 cm³/mol. The molecule has 0 radical (unpaired) electrons. The third-order valence-electron chi connectivity index (χ3n) is 13.6. The fourth-order valence-corrected chi connectivity index (χ4v) is 10.1. The number of hydrogen-bond donors (Lipinski definition) is 10. The summed E-state index contributed by atoms with van der Waals surface area (Å²) in [6, 6.07) is 13.3. The summed E-state index contributed by atoms with van der Waals surface area (Å²) in [5.74, 6) is -8.52. The zero-order chi connectivity index (χ0) is 60.5. The molecule has 0 spiro atoms. The number of carbonyl (C=O) groups is 10. The summed E-state index contributed by atoms with van der Waals surface area (Å²) in [5, 5.41) is 33.6. The van der Waals surface area contributed by atoms with Crippen LogP contribution in [0.5, 0.6) is 0 Å². The van der Waals surface area contributed by atoms with Crippen LogP contribution in [0.1, 0.15) is 95.4 Å². The fraction of sp³-hybridized carbons (Fsp3) is 0.464. The van der Waals surface area contributed by atoms with E-state index in [0.29, 0.717) is 27.8 Å². The first-order chi connectivity index (χ1) is 38.6. The van der Waals surface area contributed by atoms with Crippen molar-refractivity contribution < 1.29 is 67.4 Å². The van der Waals surface area contributed by atoms with Gasteiger partial charge in [0.25, 0.3) is 0 Å². The maximum atomic E-state index is 14.9. The maximum Gasteiger partial charge on any atom is 0.246 e. The molecule has 0 aliphatic heterocycles. The number of amides is 9. The number of para-hydroxylation sites is 1. The topological polar surface area (TPSA) is 395 Å². The number of thioether (sulfide) groups is 1. The summed E-state index contributed by atoms with van der Waals surface area (Å²) >= 11 is 1.39. The molecular formula is C56H72N10O14PS-3. The first-order valence-corrected chi connectivity index (χ1v) is 29.8. The van der Waals surface area contributed by atoms with Gasteiger partial charge in [0, 0.05) is 55.4 Å². The zero-order valence-corrected chi connectivity index (χ0v) is 48.3. The normalized spacial score (nSPS) is 15.0. The van der Waals surface area contributed by atoms with E-state index in [1.54, 1.807) is 67.0 Å². The molecule has 4 aromatic rings. The Labute approximate surface area is 479 Å². The maximum absolute atomic E-state index is 14.9. The van der Waals surface area contributed by atoms with Crippen LogP contribution >= 0.6 is 19.4 Å². The van der Waals surface area contributed by atoms with E-state index in [4.69, 9.17) is 5.73 Å². The van der Waals surface area contributed by atoms with Crippen molar-refractivity contribution >= 4 is 89.4 Å². The van der Waals surface area contributed by atoms with Gasteiger partial charge in [-0.1, -0.05) is 94.2 Å². The van der Waals surface area contributed by atoms with E-state index in [9.17, 15) is 67.4 Å². The molecule has 1 heterocycles. The van der Waals surface area contributed by atoms with Gasteiger partial charge in [-0.2, -0.15) is 11.8 Å². The second-order valence-electron chi connectivity index (χ2n) is 21.4. The van der Waals surface area contributed by atoms with Crippen LogP contribution < -0.4 is 63.2 Å². The highest BCUT2D eigenvalue weighted by Gasteiger charge is 2.52. The largest absolute Gasteiger partial charge is 0.810 e. The van der Waals surface area contributed by atoms with Crippen molar-refractivity contribution in [3.05, 3.63) is 107 Å². The fourth-order valence-electron chi connectivity index (χ4n) is 9.00. The lowest BCUT2D eigenvalue weighted by Crippen LogP contribution is -2.63. The average molecular weight is 1170 g/mol. The summed E-state index contributed by atoms with van der Waals surface area (Å²) in [6.07, 6.45) is 1.41. The van der Waals surface area contributed by atoms with Crippen molar-refractivity contribution in [1.29, 1.82) is 0 Å². The summed E-state index contributed by atoms with van der Waals surface area (Å²) < 4.78 is 11.6. The third kappa shape index (κ3) is 20.1. The molecule has 9 amide bonds. The molecule has 1 aromatic heterocycles. The summed E-state index contributed by atoms with van der Waals surface area (Å²) in [4.78, 5) is 162. The number of H-pyrrole nitrogens is 1. The molecule has 5 rings (SSSR count). The van der Waals surface area contributed by atoms with Crippen LogP contribution in [-0.4, -0.2) is 123 Å². The Hall–Kier alpha value is -7.60. The van der Waals surface area contributed by atoms with Crippen molar-refractivity contribution in [3.8, 4) is 0 Å². The molecule has 1 aliphatic carbocycles. The molecular weight excluding hydrogens is 1100 g/mol. The number of benzene rings is 3. The average Bonchev–Trinajstić information content (AvgIpc) is 4.22. The van der Waals surface area contributed by atoms with Crippen LogP contribution in [0.2, 0.25) is 0 Å². The number of primary amides is 1. The van der Waals surface area contributed by atoms with Crippen LogP contribution in [-0.2, 0) is 77.9 Å². The Morgan fingerprint density at radius 2 is 1.21 bits per heavy atom. The summed E-state index contributed by atoms with van der Waals surface area (Å²) in [5.41, 5.74) is 4.58. The minimum atomic E-state index is -4.99. The second kappa shape index (κ2) is 29.4. The molecule has 0 saturated heterocycles. The standard InChI is InChI=1S/C56H75N10O14PS/c1-32(2)26-42(47(57)70)63-54(77)56(23-24-56)66-52(75)40(20-21-46(68)69)60-50(73)45(29-37-30-58-39-15-11-10-14-38(37)39)62-49(72)44(28-35-16-18-36(19-17-35)31-81(78,79)80)64-53(76)55(4,5)65-51(74)41(22-25-82-6)61-48(71)43(59-33(3)67)27-34-12-8-7-9-13-34/h7-19,30,32,40-45,58H,20-29,31H2,1-6H3,(H2,57,70)(H,59,67)(H,60,73)(H,61,71)(H,62,72)(H,63,77)(H,64,76)(H,65,74)(H,66,75)(H,68,69)(H2,78,79,80)/p-3/t40-,41-,42-,43-,44-,45-/m0/s1. The molecule has 82 heavy (non-hydrogen) atoms. The minimum absolute atomic E-state index is 0.0422. The van der Waals surface area contributed by atoms with Gasteiger partial charge in [0.1, 0.15) is 47.3 Å². The van der Waals surface area contributed by atoms with E-state index >= 15 is 0 Å². The van der Waals surface area contributed by atoms with Crippen molar-refractivity contribution in [2.24, 2.45) is 11.7 Å². The lowest BCUT2D eigenvalue weighted by molar-refractivity contribution is -0.314. The number of carboxylic acid groups (broad SMARTS) is 1. The van der Waals surface area contributed by atoms with E-state index < -0.39 is 133 Å². The number of rotatable bonds is 32. The molecule has 0 bridgehead atoms. The first kappa shape index (κ1) is 65.2. The lowest BCUT2D eigenvalue weighted by atomic mass is 9.98. The van der Waals surface area contributed by atoms with Crippen LogP contribution in [0.25, 0.3) is 10.9 Å². The van der Waals surface area contributed by atoms with Gasteiger partial charge in [0.2, 0.25) is 53.2 Å². The quantitative estimate of drug-likeness (QED) is 0.0260. The second-order valence-corrected chi connectivity index (χ2v) is 24.0. The lowest BCUT2D eigenvalue weighted by Gasteiger charge is -2.31. The molecule has 0 unspecified atom stereocenters. The van der Waals surface area contributed by atoms with Gasteiger partial charge in [0.05, 0.1) is 0 Å². The first-order valence-electron chi connectivity index (χ1n) is 26.7. The number of fused-ring (bicyclic) bond motifs is 1. The van der Waals surface area contributed by atoms with Crippen molar-refractivity contribution in [1.82, 2.24) is 47.5 Å². The number of aromatic nitrogens is 1. The molecule has 24 nitrogen and oxygen atoms in total. The smallest absolute Gasteiger partial charge is 0.246 e. The van der Waals surface area contributed by atoms with E-state index in [1.807, 2.05) is 13.8 Å². The van der Waals surface area contributed by atoms with Crippen LogP contribution in [0.15, 0.2) is 85.1 Å². The van der Waals surface area contributed by atoms with Gasteiger partial charge < -0.3 is 77.5 Å². The van der Waals surface area contributed by atoms with Gasteiger partial charge in [-0.15, -0.1) is 0 Å². The molecule has 1 fully saturated rings. The van der Waals surface area contributed by atoms with Gasteiger partial charge in [-0.05, 0) is 98.6 Å². The number of carbonyl (C=O) groups excluding carboxylic acids is 10. The number of carboxylic acids is 1. The zero-order valence-electron chi connectivity index (χ0n) is 46.6. The van der Waals surface area contributed by atoms with Gasteiger partial charge >= 0.3 is 0 Å². The third-order valence-corrected chi connectivity index (χ3v) is 15.0. The molecule has 1 aliphatic rings. The number of aliphatic carboxylic acids is 1. The number of aromatic amines is 1. The molecule has 1 saturated carbocycles. The molecule has 11 N–H and O–H groups in total. The Morgan fingerprint density at radius 3 is 1.76 bits per heavy atom. The Kier molecular flexibility index (Phi) is 23.4. The summed E-state index contributed by atoms with van der Waals surface area (Å²) in [7, 11) is -4.99. The molecule has 3 aromatic carbocycles.